The number of urea groups is 1. The summed E-state index contributed by atoms with van der Waals surface area (Å²) in [5, 5.41) is 10.3. The van der Waals surface area contributed by atoms with E-state index in [2.05, 4.69) is 25.7 Å². The monoisotopic (exact) mass is 426 g/mol. The maximum atomic E-state index is 12.7. The minimum atomic E-state index is -0.417. The molecule has 5 rings (SSSR count). The second-order valence-corrected chi connectivity index (χ2v) is 7.81. The van der Waals surface area contributed by atoms with Gasteiger partial charge in [0.15, 0.2) is 0 Å². The van der Waals surface area contributed by atoms with Gasteiger partial charge in [0.2, 0.25) is 5.95 Å². The maximum Gasteiger partial charge on any atom is 0.324 e. The highest BCUT2D eigenvalue weighted by molar-refractivity contribution is 5.99. The summed E-state index contributed by atoms with van der Waals surface area (Å²) >= 11 is 0. The highest BCUT2D eigenvalue weighted by Gasteiger charge is 2.21. The second kappa shape index (κ2) is 8.14. The standard InChI is InChI=1S/C24H22N6O2/c1-15-7-5-10-17(13-15)25-24(32)27-21-14-20(16-8-3-2-4-9-16)29-30(21)23-26-19-12-6-11-18(19)22(31)28-23/h2-5,7-10,13-14H,6,11-12H2,1H3,(H2,25,27,32)(H,26,28,31). The highest BCUT2D eigenvalue weighted by atomic mass is 16.2. The Balaban J connectivity index is 1.52. The zero-order chi connectivity index (χ0) is 22.1. The van der Waals surface area contributed by atoms with Crippen molar-refractivity contribution in [3.05, 3.63) is 87.8 Å². The smallest absolute Gasteiger partial charge is 0.308 e. The van der Waals surface area contributed by atoms with Crippen molar-refractivity contribution >= 4 is 17.5 Å². The zero-order valence-electron chi connectivity index (χ0n) is 17.6. The first-order chi connectivity index (χ1) is 15.6. The van der Waals surface area contributed by atoms with E-state index < -0.39 is 6.03 Å². The van der Waals surface area contributed by atoms with Gasteiger partial charge in [0.1, 0.15) is 5.82 Å². The molecule has 2 amide bonds. The van der Waals surface area contributed by atoms with E-state index in [1.807, 2.05) is 61.5 Å². The lowest BCUT2D eigenvalue weighted by Crippen LogP contribution is -2.23. The Morgan fingerprint density at radius 2 is 1.88 bits per heavy atom. The first-order valence-corrected chi connectivity index (χ1v) is 10.5. The quantitative estimate of drug-likeness (QED) is 0.458. The van der Waals surface area contributed by atoms with Crippen molar-refractivity contribution in [1.82, 2.24) is 19.7 Å². The number of nitrogens with one attached hydrogen (secondary N) is 3. The first kappa shape index (κ1) is 19.7. The van der Waals surface area contributed by atoms with Crippen LogP contribution in [0, 0.1) is 6.92 Å². The lowest BCUT2D eigenvalue weighted by atomic mass is 10.2. The summed E-state index contributed by atoms with van der Waals surface area (Å²) in [6.07, 6.45) is 2.40. The van der Waals surface area contributed by atoms with Crippen molar-refractivity contribution in [3.8, 4) is 17.2 Å². The number of carbonyl (C=O) groups excluding carboxylic acids is 1. The van der Waals surface area contributed by atoms with E-state index >= 15 is 0 Å². The molecule has 2 heterocycles. The summed E-state index contributed by atoms with van der Waals surface area (Å²) in [6, 6.07) is 18.5. The van der Waals surface area contributed by atoms with Crippen LogP contribution >= 0.6 is 0 Å². The number of benzene rings is 2. The molecule has 1 aliphatic rings. The Morgan fingerprint density at radius 1 is 1.03 bits per heavy atom. The second-order valence-electron chi connectivity index (χ2n) is 7.81. The SMILES string of the molecule is Cc1cccc(NC(=O)Nc2cc(-c3ccccc3)nn2-c2nc3c(c(=O)[nH]2)CCC3)c1. The van der Waals surface area contributed by atoms with Gasteiger partial charge in [0, 0.05) is 22.9 Å². The number of aryl methyl sites for hydroxylation is 2. The largest absolute Gasteiger partial charge is 0.324 e. The van der Waals surface area contributed by atoms with Crippen LogP contribution in [0.5, 0.6) is 0 Å². The maximum absolute atomic E-state index is 12.7. The van der Waals surface area contributed by atoms with Crippen LogP contribution in [0.4, 0.5) is 16.3 Å². The molecule has 2 aromatic carbocycles. The lowest BCUT2D eigenvalue weighted by molar-refractivity contribution is 0.262. The summed E-state index contributed by atoms with van der Waals surface area (Å²) in [6.45, 7) is 1.96. The van der Waals surface area contributed by atoms with Crippen LogP contribution in [-0.2, 0) is 12.8 Å². The molecule has 0 fully saturated rings. The van der Waals surface area contributed by atoms with Crippen molar-refractivity contribution < 1.29 is 4.79 Å². The molecular weight excluding hydrogens is 404 g/mol. The normalized spacial score (nSPS) is 12.4. The third-order valence-electron chi connectivity index (χ3n) is 5.43. The molecule has 8 nitrogen and oxygen atoms in total. The molecule has 0 spiro atoms. The number of rotatable bonds is 4. The Bertz CT molecular complexity index is 1360. The third-order valence-corrected chi connectivity index (χ3v) is 5.43. The summed E-state index contributed by atoms with van der Waals surface area (Å²) in [5.74, 6) is 0.679. The van der Waals surface area contributed by atoms with Gasteiger partial charge in [-0.05, 0) is 43.9 Å². The van der Waals surface area contributed by atoms with Crippen LogP contribution in [0.1, 0.15) is 23.2 Å². The van der Waals surface area contributed by atoms with Crippen LogP contribution in [0.15, 0.2) is 65.5 Å². The predicted molar refractivity (Wildman–Crippen MR) is 123 cm³/mol. The van der Waals surface area contributed by atoms with Gasteiger partial charge < -0.3 is 5.32 Å². The molecule has 0 unspecified atom stereocenters. The average molecular weight is 426 g/mol. The molecule has 0 saturated heterocycles. The molecule has 8 heteroatoms. The number of nitrogens with zero attached hydrogens (tertiary/aromatic N) is 3. The Kier molecular flexibility index (Phi) is 5.03. The Morgan fingerprint density at radius 3 is 2.69 bits per heavy atom. The fourth-order valence-electron chi connectivity index (χ4n) is 3.91. The highest BCUT2D eigenvalue weighted by Crippen LogP contribution is 2.25. The van der Waals surface area contributed by atoms with Gasteiger partial charge in [0.05, 0.1) is 11.4 Å². The Labute approximate surface area is 184 Å². The average Bonchev–Trinajstić information content (AvgIpc) is 3.42. The van der Waals surface area contributed by atoms with Crippen LogP contribution in [-0.4, -0.2) is 25.8 Å². The van der Waals surface area contributed by atoms with E-state index in [0.29, 0.717) is 17.2 Å². The number of hydrogen-bond donors (Lipinski definition) is 3. The van der Waals surface area contributed by atoms with Crippen LogP contribution in [0.25, 0.3) is 17.2 Å². The summed E-state index contributed by atoms with van der Waals surface area (Å²) in [5.41, 5.74) is 4.62. The fraction of sp³-hybridized carbons (Fsp3) is 0.167. The molecule has 0 aliphatic heterocycles. The molecule has 2 aromatic heterocycles. The minimum absolute atomic E-state index is 0.158. The first-order valence-electron chi connectivity index (χ1n) is 10.5. The van der Waals surface area contributed by atoms with Crippen molar-refractivity contribution in [2.75, 3.05) is 10.6 Å². The van der Waals surface area contributed by atoms with Gasteiger partial charge >= 0.3 is 6.03 Å². The number of amides is 2. The molecule has 0 atom stereocenters. The molecule has 32 heavy (non-hydrogen) atoms. The predicted octanol–water partition coefficient (Wildman–Crippen LogP) is 4.06. The summed E-state index contributed by atoms with van der Waals surface area (Å²) in [4.78, 5) is 32.7. The fourth-order valence-corrected chi connectivity index (χ4v) is 3.91. The van der Waals surface area contributed by atoms with Crippen molar-refractivity contribution in [2.45, 2.75) is 26.2 Å². The van der Waals surface area contributed by atoms with Gasteiger partial charge in [-0.2, -0.15) is 9.78 Å². The lowest BCUT2D eigenvalue weighted by Gasteiger charge is -2.10. The number of hydrogen-bond acceptors (Lipinski definition) is 4. The summed E-state index contributed by atoms with van der Waals surface area (Å²) < 4.78 is 1.47. The number of aromatic amines is 1. The van der Waals surface area contributed by atoms with Gasteiger partial charge in [-0.3, -0.25) is 15.1 Å². The van der Waals surface area contributed by atoms with E-state index in [0.717, 1.165) is 41.6 Å². The third kappa shape index (κ3) is 3.90. The van der Waals surface area contributed by atoms with Crippen LogP contribution in [0.3, 0.4) is 0 Å². The van der Waals surface area contributed by atoms with E-state index in [1.165, 1.54) is 4.68 Å². The Hall–Kier alpha value is -4.20. The van der Waals surface area contributed by atoms with Gasteiger partial charge in [-0.15, -0.1) is 0 Å². The minimum Gasteiger partial charge on any atom is -0.308 e. The van der Waals surface area contributed by atoms with Gasteiger partial charge in [-0.25, -0.2) is 9.78 Å². The zero-order valence-corrected chi connectivity index (χ0v) is 17.6. The van der Waals surface area contributed by atoms with E-state index in [-0.39, 0.29) is 11.5 Å². The van der Waals surface area contributed by atoms with Crippen molar-refractivity contribution in [3.63, 3.8) is 0 Å². The molecule has 4 aromatic rings. The summed E-state index contributed by atoms with van der Waals surface area (Å²) in [7, 11) is 0. The number of H-pyrrole nitrogens is 1. The molecule has 0 saturated carbocycles. The molecule has 0 bridgehead atoms. The van der Waals surface area contributed by atoms with Crippen LogP contribution in [0.2, 0.25) is 0 Å². The number of aromatic nitrogens is 4. The van der Waals surface area contributed by atoms with E-state index in [9.17, 15) is 9.59 Å². The molecular formula is C24H22N6O2. The van der Waals surface area contributed by atoms with Crippen LogP contribution < -0.4 is 16.2 Å². The molecule has 3 N–H and O–H groups in total. The topological polar surface area (TPSA) is 105 Å². The number of anilines is 2. The van der Waals surface area contributed by atoms with Crippen molar-refractivity contribution in [1.29, 1.82) is 0 Å². The number of carbonyl (C=O) groups is 1. The van der Waals surface area contributed by atoms with Crippen molar-refractivity contribution in [2.24, 2.45) is 0 Å². The van der Waals surface area contributed by atoms with E-state index in [4.69, 9.17) is 0 Å². The number of fused-ring (bicyclic) bond motifs is 1. The van der Waals surface area contributed by atoms with E-state index in [1.54, 1.807) is 6.07 Å². The van der Waals surface area contributed by atoms with Gasteiger partial charge in [0.25, 0.3) is 5.56 Å². The van der Waals surface area contributed by atoms with Gasteiger partial charge in [-0.1, -0.05) is 42.5 Å². The molecule has 1 aliphatic carbocycles. The molecule has 0 radical (unpaired) electrons. The molecule has 160 valence electrons.